The number of nitrogens with zero attached hydrogens (tertiary/aromatic N) is 5. The van der Waals surface area contributed by atoms with Gasteiger partial charge in [0.05, 0.1) is 0 Å². The van der Waals surface area contributed by atoms with Crippen LogP contribution in [0.3, 0.4) is 0 Å². The Labute approximate surface area is 90.5 Å². The van der Waals surface area contributed by atoms with E-state index < -0.39 is 0 Å². The second-order valence-electron chi connectivity index (χ2n) is 2.14. The van der Waals surface area contributed by atoms with Gasteiger partial charge in [0.2, 0.25) is 12.8 Å². The van der Waals surface area contributed by atoms with Gasteiger partial charge in [-0.25, -0.2) is 20.8 Å². The highest BCUT2D eigenvalue weighted by Gasteiger charge is 1.99. The van der Waals surface area contributed by atoms with Crippen molar-refractivity contribution in [3.63, 3.8) is 0 Å². The van der Waals surface area contributed by atoms with Crippen molar-refractivity contribution in [3.05, 3.63) is 23.8 Å². The molecule has 0 radical (unpaired) electrons. The highest BCUT2D eigenvalue weighted by atomic mass is 16.2. The van der Waals surface area contributed by atoms with Gasteiger partial charge >= 0.3 is 0 Å². The van der Waals surface area contributed by atoms with Crippen molar-refractivity contribution in [2.24, 2.45) is 5.84 Å². The van der Waals surface area contributed by atoms with E-state index in [0.717, 1.165) is 0 Å². The van der Waals surface area contributed by atoms with Crippen molar-refractivity contribution in [2.75, 3.05) is 0 Å². The monoisotopic (exact) mass is 218 g/mol. The molecule has 0 bridgehead atoms. The highest BCUT2D eigenvalue weighted by Crippen LogP contribution is 1.95. The second-order valence-corrected chi connectivity index (χ2v) is 2.14. The maximum Gasteiger partial charge on any atom is 0.230 e. The van der Waals surface area contributed by atoms with Gasteiger partial charge in [-0.1, -0.05) is 0 Å². The number of imide groups is 1. The number of rotatable bonds is 2. The number of hydrogen-bond acceptors (Lipinski definition) is 7. The van der Waals surface area contributed by atoms with Crippen molar-refractivity contribution < 1.29 is 9.59 Å². The van der Waals surface area contributed by atoms with Gasteiger partial charge in [0.1, 0.15) is 12.1 Å². The molecule has 2 amide bonds. The van der Waals surface area contributed by atoms with Crippen LogP contribution in [0.4, 0.5) is 0 Å². The molecule has 0 saturated heterocycles. The SMILES string of the molecule is N#Cc1nccnc1C#N.NN(C=O)C=O. The molecule has 0 aromatic carbocycles. The quantitative estimate of drug-likeness (QED) is 0.281. The molecule has 16 heavy (non-hydrogen) atoms. The van der Waals surface area contributed by atoms with Gasteiger partial charge in [0, 0.05) is 12.4 Å². The normalized spacial score (nSPS) is 7.44. The number of amides is 2. The van der Waals surface area contributed by atoms with Crippen molar-refractivity contribution in [1.29, 1.82) is 10.5 Å². The van der Waals surface area contributed by atoms with E-state index in [-0.39, 0.29) is 24.2 Å². The minimum atomic E-state index is 0.0741. The summed E-state index contributed by atoms with van der Waals surface area (Å²) in [6.45, 7) is 0. The minimum absolute atomic E-state index is 0.0741. The molecular weight excluding hydrogens is 212 g/mol. The van der Waals surface area contributed by atoms with Crippen molar-refractivity contribution >= 4 is 12.8 Å². The lowest BCUT2D eigenvalue weighted by atomic mass is 10.3. The van der Waals surface area contributed by atoms with Crippen LogP contribution in [0.1, 0.15) is 11.4 Å². The van der Waals surface area contributed by atoms with E-state index in [0.29, 0.717) is 5.01 Å². The van der Waals surface area contributed by atoms with Crippen LogP contribution in [-0.4, -0.2) is 27.8 Å². The van der Waals surface area contributed by atoms with Crippen LogP contribution >= 0.6 is 0 Å². The Kier molecular flexibility index (Phi) is 6.21. The molecule has 0 aliphatic heterocycles. The molecule has 0 aliphatic carbocycles. The summed E-state index contributed by atoms with van der Waals surface area (Å²) in [4.78, 5) is 25.9. The summed E-state index contributed by atoms with van der Waals surface area (Å²) in [7, 11) is 0. The number of hydrogen-bond donors (Lipinski definition) is 1. The summed E-state index contributed by atoms with van der Waals surface area (Å²) in [6.07, 6.45) is 3.18. The zero-order valence-electron chi connectivity index (χ0n) is 7.94. The summed E-state index contributed by atoms with van der Waals surface area (Å²) >= 11 is 0. The average Bonchev–Trinajstić information content (AvgIpc) is 2.38. The van der Waals surface area contributed by atoms with Crippen LogP contribution in [0.2, 0.25) is 0 Å². The molecule has 80 valence electrons. The number of aromatic nitrogens is 2. The molecule has 0 atom stereocenters. The lowest BCUT2D eigenvalue weighted by Gasteiger charge is -1.91. The van der Waals surface area contributed by atoms with E-state index in [4.69, 9.17) is 10.5 Å². The first-order valence-electron chi connectivity index (χ1n) is 3.74. The van der Waals surface area contributed by atoms with E-state index >= 15 is 0 Å². The number of nitriles is 2. The summed E-state index contributed by atoms with van der Waals surface area (Å²) in [5.74, 6) is 4.57. The fourth-order valence-corrected chi connectivity index (χ4v) is 0.527. The fourth-order valence-electron chi connectivity index (χ4n) is 0.527. The number of hydrazine groups is 1. The lowest BCUT2D eigenvalue weighted by molar-refractivity contribution is -0.129. The molecule has 8 nitrogen and oxygen atoms in total. The predicted molar refractivity (Wildman–Crippen MR) is 49.6 cm³/mol. The van der Waals surface area contributed by atoms with Gasteiger partial charge < -0.3 is 0 Å². The zero-order valence-corrected chi connectivity index (χ0v) is 7.94. The largest absolute Gasteiger partial charge is 0.277 e. The molecule has 1 aromatic heterocycles. The zero-order chi connectivity index (χ0) is 12.4. The van der Waals surface area contributed by atoms with Crippen molar-refractivity contribution in [3.8, 4) is 12.1 Å². The number of carbonyl (C=O) groups excluding carboxylic acids is 2. The average molecular weight is 218 g/mol. The van der Waals surface area contributed by atoms with Gasteiger partial charge in [0.15, 0.2) is 11.4 Å². The molecule has 1 rings (SSSR count). The Morgan fingerprint density at radius 1 is 1.12 bits per heavy atom. The molecule has 0 unspecified atom stereocenters. The molecule has 0 saturated carbocycles. The second kappa shape index (κ2) is 7.55. The molecule has 0 aliphatic rings. The van der Waals surface area contributed by atoms with Crippen LogP contribution in [0.15, 0.2) is 12.4 Å². The summed E-state index contributed by atoms with van der Waals surface area (Å²) in [6, 6.07) is 3.50. The van der Waals surface area contributed by atoms with Crippen molar-refractivity contribution in [2.45, 2.75) is 0 Å². The topological polar surface area (TPSA) is 137 Å². The molecule has 8 heteroatoms. The van der Waals surface area contributed by atoms with Gasteiger partial charge in [-0.15, -0.1) is 0 Å². The van der Waals surface area contributed by atoms with Gasteiger partial charge in [-0.2, -0.15) is 10.5 Å². The van der Waals surface area contributed by atoms with Gasteiger partial charge in [-0.3, -0.25) is 9.59 Å². The van der Waals surface area contributed by atoms with Crippen LogP contribution in [-0.2, 0) is 9.59 Å². The predicted octanol–water partition coefficient (Wildman–Crippen LogP) is -1.31. The lowest BCUT2D eigenvalue weighted by Crippen LogP contribution is -2.26. The van der Waals surface area contributed by atoms with E-state index in [1.54, 1.807) is 12.1 Å². The Morgan fingerprint density at radius 3 is 1.69 bits per heavy atom. The van der Waals surface area contributed by atoms with Crippen LogP contribution in [0.5, 0.6) is 0 Å². The number of carbonyl (C=O) groups is 2. The maximum absolute atomic E-state index is 9.31. The van der Waals surface area contributed by atoms with E-state index in [1.165, 1.54) is 12.4 Å². The first kappa shape index (κ1) is 13.2. The Morgan fingerprint density at radius 2 is 1.50 bits per heavy atom. The summed E-state index contributed by atoms with van der Waals surface area (Å²) in [5, 5.41) is 17.1. The summed E-state index contributed by atoms with van der Waals surface area (Å²) in [5.41, 5.74) is 0.148. The molecule has 0 spiro atoms. The van der Waals surface area contributed by atoms with E-state index in [9.17, 15) is 9.59 Å². The third kappa shape index (κ3) is 4.41. The number of nitrogens with two attached hydrogens (primary N) is 1. The molecule has 1 heterocycles. The smallest absolute Gasteiger partial charge is 0.230 e. The molecule has 0 fully saturated rings. The Bertz CT molecular complexity index is 406. The first-order valence-corrected chi connectivity index (χ1v) is 3.74. The van der Waals surface area contributed by atoms with E-state index in [2.05, 4.69) is 15.8 Å². The fraction of sp³-hybridized carbons (Fsp3) is 0. The third-order valence-corrected chi connectivity index (χ3v) is 1.15. The van der Waals surface area contributed by atoms with Crippen LogP contribution in [0, 0.1) is 22.7 Å². The minimum Gasteiger partial charge on any atom is -0.277 e. The Balaban J connectivity index is 0.000000325. The Hall–Kier alpha value is -2.84. The maximum atomic E-state index is 9.31. The molecule has 2 N–H and O–H groups in total. The van der Waals surface area contributed by atoms with Gasteiger partial charge in [0.25, 0.3) is 0 Å². The van der Waals surface area contributed by atoms with Crippen molar-refractivity contribution in [1.82, 2.24) is 15.0 Å². The molecular formula is C8H6N6O2. The first-order chi connectivity index (χ1) is 7.69. The van der Waals surface area contributed by atoms with Gasteiger partial charge in [-0.05, 0) is 0 Å². The van der Waals surface area contributed by atoms with Crippen LogP contribution < -0.4 is 5.84 Å². The highest BCUT2D eigenvalue weighted by molar-refractivity contribution is 5.66. The summed E-state index contributed by atoms with van der Waals surface area (Å²) < 4.78 is 0. The van der Waals surface area contributed by atoms with E-state index in [1.807, 2.05) is 0 Å². The third-order valence-electron chi connectivity index (χ3n) is 1.15. The molecule has 1 aromatic rings. The van der Waals surface area contributed by atoms with Crippen LogP contribution in [0.25, 0.3) is 0 Å². The standard InChI is InChI=1S/C6H2N4.C2H4N2O2/c7-3-5-6(4-8)10-2-1-9-5;3-4(1-5)2-6/h1-2H;1-2H,3H2.